The van der Waals surface area contributed by atoms with E-state index in [9.17, 15) is 8.42 Å². The molecule has 0 aromatic heterocycles. The van der Waals surface area contributed by atoms with Crippen molar-refractivity contribution in [1.29, 1.82) is 0 Å². The molecule has 0 bridgehead atoms. The third-order valence-electron chi connectivity index (χ3n) is 10.5. The summed E-state index contributed by atoms with van der Waals surface area (Å²) >= 11 is 0. The maximum absolute atomic E-state index is 11.2. The third kappa shape index (κ3) is 4.60. The van der Waals surface area contributed by atoms with Crippen molar-refractivity contribution in [2.75, 3.05) is 0 Å². The second-order valence-corrected chi connectivity index (χ2v) is 13.7. The number of fused-ring (bicyclic) bond motifs is 5. The van der Waals surface area contributed by atoms with Gasteiger partial charge in [-0.2, -0.15) is 8.42 Å². The predicted octanol–water partition coefficient (Wildman–Crippen LogP) is 7.22. The zero-order valence-corrected chi connectivity index (χ0v) is 21.8. The van der Waals surface area contributed by atoms with Crippen LogP contribution in [0.5, 0.6) is 0 Å². The molecule has 3 fully saturated rings. The van der Waals surface area contributed by atoms with Crippen LogP contribution in [0.2, 0.25) is 0 Å². The summed E-state index contributed by atoms with van der Waals surface area (Å²) in [5, 5.41) is 0. The van der Waals surface area contributed by atoms with E-state index in [0.29, 0.717) is 24.2 Å². The van der Waals surface area contributed by atoms with Crippen molar-refractivity contribution in [3.05, 3.63) is 11.6 Å². The van der Waals surface area contributed by atoms with E-state index in [2.05, 4.69) is 40.7 Å². The Morgan fingerprint density at radius 2 is 1.81 bits per heavy atom. The van der Waals surface area contributed by atoms with Gasteiger partial charge in [-0.25, -0.2) is 4.18 Å². The molecule has 0 saturated heterocycles. The molecule has 8 atom stereocenters. The van der Waals surface area contributed by atoms with E-state index in [1.54, 1.807) is 0 Å². The quantitative estimate of drug-likeness (QED) is 0.318. The van der Waals surface area contributed by atoms with Crippen LogP contribution in [0.25, 0.3) is 0 Å². The lowest BCUT2D eigenvalue weighted by atomic mass is 9.47. The number of rotatable bonds is 7. The van der Waals surface area contributed by atoms with E-state index in [4.69, 9.17) is 8.74 Å². The van der Waals surface area contributed by atoms with E-state index in [-0.39, 0.29) is 5.41 Å². The molecule has 4 aliphatic carbocycles. The van der Waals surface area contributed by atoms with Gasteiger partial charge in [0.25, 0.3) is 0 Å². The fourth-order valence-corrected chi connectivity index (χ4v) is 9.41. The Kier molecular flexibility index (Phi) is 6.95. The molecule has 0 radical (unpaired) electrons. The van der Waals surface area contributed by atoms with Crippen molar-refractivity contribution in [3.63, 3.8) is 0 Å². The Morgan fingerprint density at radius 1 is 1.06 bits per heavy atom. The molecule has 0 aromatic rings. The number of allylic oxidation sites excluding steroid dienone is 1. The zero-order valence-electron chi connectivity index (χ0n) is 21.0. The molecule has 32 heavy (non-hydrogen) atoms. The maximum Gasteiger partial charge on any atom is 0.397 e. The summed E-state index contributed by atoms with van der Waals surface area (Å²) in [5.74, 6) is 4.83. The summed E-state index contributed by atoms with van der Waals surface area (Å²) in [7, 11) is -4.38. The van der Waals surface area contributed by atoms with Crippen LogP contribution in [0.15, 0.2) is 11.6 Å². The van der Waals surface area contributed by atoms with Gasteiger partial charge in [-0.15, -0.1) is 0 Å². The largest absolute Gasteiger partial charge is 0.397 e. The normalized spacial score (nSPS) is 42.7. The number of hydrogen-bond acceptors (Lipinski definition) is 3. The molecule has 3 saturated carbocycles. The van der Waals surface area contributed by atoms with E-state index in [0.717, 1.165) is 42.4 Å². The molecule has 1 N–H and O–H groups in total. The van der Waals surface area contributed by atoms with E-state index >= 15 is 0 Å². The van der Waals surface area contributed by atoms with Crippen LogP contribution in [0, 0.1) is 46.3 Å². The Hall–Kier alpha value is -0.390. The first kappa shape index (κ1) is 24.7. The van der Waals surface area contributed by atoms with Crippen LogP contribution in [-0.4, -0.2) is 19.1 Å². The molecule has 4 nitrogen and oxygen atoms in total. The summed E-state index contributed by atoms with van der Waals surface area (Å²) in [6.45, 7) is 12.3. The van der Waals surface area contributed by atoms with Gasteiger partial charge in [0.1, 0.15) is 0 Å². The Morgan fingerprint density at radius 3 is 2.50 bits per heavy atom. The minimum Gasteiger partial charge on any atom is -0.264 e. The highest BCUT2D eigenvalue weighted by Crippen LogP contribution is 2.67. The second-order valence-electron chi connectivity index (χ2n) is 12.7. The lowest BCUT2D eigenvalue weighted by Gasteiger charge is -2.58. The van der Waals surface area contributed by atoms with E-state index in [1.165, 1.54) is 50.5 Å². The van der Waals surface area contributed by atoms with Gasteiger partial charge >= 0.3 is 10.4 Å². The summed E-state index contributed by atoms with van der Waals surface area (Å²) in [4.78, 5) is 0. The molecule has 5 heteroatoms. The number of hydrogen-bond donors (Lipinski definition) is 1. The molecular formula is C27H46O4S. The third-order valence-corrected chi connectivity index (χ3v) is 11.0. The lowest BCUT2D eigenvalue weighted by molar-refractivity contribution is -0.0560. The Balaban J connectivity index is 1.47. The molecule has 4 rings (SSSR count). The minimum atomic E-state index is -4.38. The summed E-state index contributed by atoms with van der Waals surface area (Å²) in [6, 6.07) is 0. The average molecular weight is 467 g/mol. The lowest BCUT2D eigenvalue weighted by Crippen LogP contribution is -2.51. The minimum absolute atomic E-state index is 0.171. The van der Waals surface area contributed by atoms with Crippen LogP contribution in [-0.2, 0) is 14.6 Å². The molecule has 4 aliphatic rings. The van der Waals surface area contributed by atoms with Crippen molar-refractivity contribution in [2.45, 2.75) is 111 Å². The molecule has 0 aromatic carbocycles. The second kappa shape index (κ2) is 9.00. The molecule has 184 valence electrons. The fraction of sp³-hybridized carbons (Fsp3) is 0.926. The van der Waals surface area contributed by atoms with Crippen LogP contribution in [0.1, 0.15) is 105 Å². The summed E-state index contributed by atoms with van der Waals surface area (Å²) < 4.78 is 36.6. The predicted molar refractivity (Wildman–Crippen MR) is 129 cm³/mol. The van der Waals surface area contributed by atoms with Crippen LogP contribution in [0.4, 0.5) is 0 Å². The van der Waals surface area contributed by atoms with Gasteiger partial charge in [-0.3, -0.25) is 4.55 Å². The monoisotopic (exact) mass is 466 g/mol. The Labute approximate surface area is 196 Å². The molecule has 4 unspecified atom stereocenters. The topological polar surface area (TPSA) is 63.6 Å². The molecule has 0 spiro atoms. The molecular weight excluding hydrogens is 420 g/mol. The Bertz CT molecular complexity index is 818. The molecule has 0 aliphatic heterocycles. The fourth-order valence-electron chi connectivity index (χ4n) is 8.91. The zero-order chi connectivity index (χ0) is 23.3. The van der Waals surface area contributed by atoms with Crippen molar-refractivity contribution < 1.29 is 17.2 Å². The van der Waals surface area contributed by atoms with Gasteiger partial charge in [0.2, 0.25) is 0 Å². The van der Waals surface area contributed by atoms with Gasteiger partial charge < -0.3 is 0 Å². The smallest absolute Gasteiger partial charge is 0.264 e. The SMILES string of the molecule is CC(C)CCCC(C)[C@H]1CC[C@H]2C3CC=C4C[C@@H](OS(=O)(=O)O)CCC4(C)[C@H]3CCC12C. The van der Waals surface area contributed by atoms with Crippen molar-refractivity contribution in [2.24, 2.45) is 46.3 Å². The van der Waals surface area contributed by atoms with E-state index < -0.39 is 16.5 Å². The maximum atomic E-state index is 11.2. The van der Waals surface area contributed by atoms with Gasteiger partial charge in [0.05, 0.1) is 6.10 Å². The van der Waals surface area contributed by atoms with Crippen molar-refractivity contribution in [3.8, 4) is 0 Å². The highest BCUT2D eigenvalue weighted by Gasteiger charge is 2.59. The van der Waals surface area contributed by atoms with Gasteiger partial charge in [0, 0.05) is 0 Å². The van der Waals surface area contributed by atoms with E-state index in [1.807, 2.05) is 0 Å². The van der Waals surface area contributed by atoms with Crippen LogP contribution in [0.3, 0.4) is 0 Å². The first-order chi connectivity index (χ1) is 14.9. The molecule has 0 heterocycles. The van der Waals surface area contributed by atoms with Crippen molar-refractivity contribution >= 4 is 10.4 Å². The highest BCUT2D eigenvalue weighted by atomic mass is 32.3. The van der Waals surface area contributed by atoms with Crippen LogP contribution >= 0.6 is 0 Å². The van der Waals surface area contributed by atoms with Gasteiger partial charge in [-0.05, 0) is 97.7 Å². The van der Waals surface area contributed by atoms with Crippen LogP contribution < -0.4 is 0 Å². The summed E-state index contributed by atoms with van der Waals surface area (Å²) in [6.07, 6.45) is 15.1. The highest BCUT2D eigenvalue weighted by molar-refractivity contribution is 7.80. The molecule has 0 amide bonds. The first-order valence-electron chi connectivity index (χ1n) is 13.3. The van der Waals surface area contributed by atoms with Gasteiger partial charge in [0.15, 0.2) is 0 Å². The van der Waals surface area contributed by atoms with Crippen molar-refractivity contribution in [1.82, 2.24) is 0 Å². The standard InChI is InChI=1S/C27H46O4S/c1-18(2)7-6-8-19(3)23-11-12-24-22-10-9-20-17-21(31-32(28,29)30)13-15-26(20,4)25(22)14-16-27(23,24)5/h9,18-19,21-25H,6-8,10-17H2,1-5H3,(H,28,29,30)/t19?,21-,22?,23+,24-,25-,26?,27?/m0/s1. The van der Waals surface area contributed by atoms with Gasteiger partial charge in [-0.1, -0.05) is 65.5 Å². The average Bonchev–Trinajstić information content (AvgIpc) is 3.04. The summed E-state index contributed by atoms with van der Waals surface area (Å²) in [5.41, 5.74) is 2.05. The first-order valence-corrected chi connectivity index (χ1v) is 14.7.